The van der Waals surface area contributed by atoms with Crippen LogP contribution in [0.5, 0.6) is 0 Å². The van der Waals surface area contributed by atoms with Crippen LogP contribution >= 0.6 is 0 Å². The van der Waals surface area contributed by atoms with Gasteiger partial charge in [0, 0.05) is 0 Å². The Morgan fingerprint density at radius 2 is 1.56 bits per heavy atom. The van der Waals surface area contributed by atoms with E-state index < -0.39 is 0 Å². The van der Waals surface area contributed by atoms with Crippen molar-refractivity contribution in [2.45, 2.75) is 11.6 Å². The van der Waals surface area contributed by atoms with Gasteiger partial charge in [-0.3, -0.25) is 0 Å². The van der Waals surface area contributed by atoms with Crippen LogP contribution in [0.15, 0.2) is 54.6 Å². The van der Waals surface area contributed by atoms with Crippen molar-refractivity contribution in [2.24, 2.45) is 0 Å². The molecule has 0 N–H and O–H groups in total. The Morgan fingerprint density at radius 3 is 2.25 bits per heavy atom. The van der Waals surface area contributed by atoms with Crippen molar-refractivity contribution in [1.82, 2.24) is 0 Å². The molecule has 0 saturated heterocycles. The third-order valence-electron chi connectivity index (χ3n) is 2.69. The van der Waals surface area contributed by atoms with Crippen molar-refractivity contribution in [3.05, 3.63) is 72.6 Å². The second-order valence-corrected chi connectivity index (χ2v) is 7.49. The Hall–Kier alpha value is -1.00. The van der Waals surface area contributed by atoms with Gasteiger partial charge in [-0.1, -0.05) is 0 Å². The molecule has 0 aliphatic rings. The van der Waals surface area contributed by atoms with E-state index in [0.29, 0.717) is 4.71 Å². The molecule has 1 heteroatoms. The number of hydrogen-bond donors (Lipinski definition) is 0. The Morgan fingerprint density at radius 1 is 0.938 bits per heavy atom. The van der Waals surface area contributed by atoms with Crippen LogP contribution in [-0.2, 0) is 0 Å². The molecule has 2 rings (SSSR count). The zero-order valence-corrected chi connectivity index (χ0v) is 11.6. The molecule has 1 radical (unpaired) electrons. The first-order valence-electron chi connectivity index (χ1n) is 5.50. The van der Waals surface area contributed by atoms with Crippen molar-refractivity contribution < 1.29 is 0 Å². The fourth-order valence-corrected chi connectivity index (χ4v) is 4.42. The van der Waals surface area contributed by atoms with Gasteiger partial charge in [0.15, 0.2) is 0 Å². The zero-order chi connectivity index (χ0) is 11.4. The van der Waals surface area contributed by atoms with E-state index in [-0.39, 0.29) is 15.8 Å². The molecule has 0 saturated carbocycles. The summed E-state index contributed by atoms with van der Waals surface area (Å²) in [6, 6.07) is 19.3. The Bertz CT molecular complexity index is 448. The van der Waals surface area contributed by atoms with E-state index in [1.807, 2.05) is 0 Å². The van der Waals surface area contributed by atoms with Crippen LogP contribution in [0.25, 0.3) is 0 Å². The summed E-state index contributed by atoms with van der Waals surface area (Å²) in [4.78, 5) is 0. The normalized spacial score (nSPS) is 13.1. The van der Waals surface area contributed by atoms with Gasteiger partial charge in [0.2, 0.25) is 0 Å². The summed E-state index contributed by atoms with van der Waals surface area (Å²) in [5.74, 6) is 0. The monoisotopic (exact) mass is 271 g/mol. The minimum atomic E-state index is -0.143. The Labute approximate surface area is 104 Å². The molecule has 0 aromatic heterocycles. The molecule has 0 aliphatic carbocycles. The fraction of sp³-hybridized carbons (Fsp3) is 0.133. The predicted molar refractivity (Wildman–Crippen MR) is 72.5 cm³/mol. The van der Waals surface area contributed by atoms with E-state index in [0.717, 1.165) is 0 Å². The summed E-state index contributed by atoms with van der Waals surface area (Å²) < 4.78 is 2.14. The van der Waals surface area contributed by atoms with Gasteiger partial charge in [-0.25, -0.2) is 0 Å². The van der Waals surface area contributed by atoms with Gasteiger partial charge in [-0.2, -0.15) is 0 Å². The van der Waals surface area contributed by atoms with Gasteiger partial charge in [0.05, 0.1) is 0 Å². The second-order valence-electron chi connectivity index (χ2n) is 3.93. The summed E-state index contributed by atoms with van der Waals surface area (Å²) in [7, 11) is 0. The number of rotatable bonds is 3. The van der Waals surface area contributed by atoms with Crippen LogP contribution in [0.4, 0.5) is 0 Å². The van der Waals surface area contributed by atoms with Gasteiger partial charge < -0.3 is 0 Å². The zero-order valence-electron chi connectivity index (χ0n) is 9.48. The molecule has 0 spiro atoms. The van der Waals surface area contributed by atoms with Crippen LogP contribution in [0.3, 0.4) is 0 Å². The summed E-state index contributed by atoms with van der Waals surface area (Å²) in [5.41, 5.74) is 2.65. The Balaban J connectivity index is 2.14. The van der Waals surface area contributed by atoms with Crippen molar-refractivity contribution in [3.8, 4) is 0 Å². The molecule has 16 heavy (non-hydrogen) atoms. The van der Waals surface area contributed by atoms with Gasteiger partial charge in [0.1, 0.15) is 0 Å². The van der Waals surface area contributed by atoms with Crippen LogP contribution in [0.2, 0.25) is 0 Å². The predicted octanol–water partition coefficient (Wildman–Crippen LogP) is 2.69. The molecular formula is C15H16As. The summed E-state index contributed by atoms with van der Waals surface area (Å²) >= 11 is -0.143. The maximum atomic E-state index is 4.10. The average molecular weight is 271 g/mol. The van der Waals surface area contributed by atoms with Gasteiger partial charge in [-0.05, 0) is 0 Å². The first kappa shape index (κ1) is 11.5. The van der Waals surface area contributed by atoms with Gasteiger partial charge >= 0.3 is 104 Å². The Kier molecular flexibility index (Phi) is 3.85. The third-order valence-corrected chi connectivity index (χ3v) is 5.97. The van der Waals surface area contributed by atoms with Crippen molar-refractivity contribution in [1.29, 1.82) is 0 Å². The summed E-state index contributed by atoms with van der Waals surface area (Å²) in [6.45, 7) is 6.42. The molecule has 0 fully saturated rings. The van der Waals surface area contributed by atoms with Crippen molar-refractivity contribution >= 4 is 20.1 Å². The second kappa shape index (κ2) is 5.36. The van der Waals surface area contributed by atoms with Crippen LogP contribution in [0.1, 0.15) is 22.8 Å². The molecular weight excluding hydrogens is 255 g/mol. The summed E-state index contributed by atoms with van der Waals surface area (Å²) in [5, 5.41) is 0. The van der Waals surface area contributed by atoms with Crippen molar-refractivity contribution in [3.63, 3.8) is 0 Å². The van der Waals surface area contributed by atoms with Gasteiger partial charge in [0.25, 0.3) is 0 Å². The first-order chi connectivity index (χ1) is 7.77. The molecule has 0 heterocycles. The molecule has 0 bridgehead atoms. The van der Waals surface area contributed by atoms with E-state index in [1.165, 1.54) is 15.5 Å². The first-order valence-corrected chi connectivity index (χ1v) is 7.76. The number of hydrogen-bond acceptors (Lipinski definition) is 0. The molecule has 2 atom stereocenters. The van der Waals surface area contributed by atoms with Crippen LogP contribution < -0.4 is 4.35 Å². The molecule has 0 nitrogen and oxygen atoms in total. The molecule has 0 aliphatic heterocycles. The quantitative estimate of drug-likeness (QED) is 0.753. The standard InChI is InChI=1S/C15H16As/c1-12-8-6-7-11-15(12)16-13(2)14-9-4-3-5-10-14/h3-11,13,16H,1H2,2H3. The third kappa shape index (κ3) is 2.77. The fourth-order valence-electron chi connectivity index (χ4n) is 1.72. The SMILES string of the molecule is [CH2]c1ccccc1[AsH]C(C)c1ccccc1. The van der Waals surface area contributed by atoms with E-state index in [9.17, 15) is 0 Å². The number of benzene rings is 2. The van der Waals surface area contributed by atoms with Crippen LogP contribution in [0, 0.1) is 6.92 Å². The molecule has 0 amide bonds. The van der Waals surface area contributed by atoms with Gasteiger partial charge in [-0.15, -0.1) is 0 Å². The molecule has 2 aromatic rings. The van der Waals surface area contributed by atoms with E-state index in [2.05, 4.69) is 68.4 Å². The molecule has 2 aromatic carbocycles. The maximum absolute atomic E-state index is 4.10. The van der Waals surface area contributed by atoms with E-state index in [4.69, 9.17) is 0 Å². The summed E-state index contributed by atoms with van der Waals surface area (Å²) in [6.07, 6.45) is 0. The average Bonchev–Trinajstić information content (AvgIpc) is 2.33. The topological polar surface area (TPSA) is 0 Å². The van der Waals surface area contributed by atoms with Crippen LogP contribution in [-0.4, -0.2) is 15.8 Å². The minimum absolute atomic E-state index is 0.143. The van der Waals surface area contributed by atoms with E-state index >= 15 is 0 Å². The molecule has 81 valence electrons. The van der Waals surface area contributed by atoms with E-state index in [1.54, 1.807) is 0 Å². The molecule has 2 unspecified atom stereocenters. The van der Waals surface area contributed by atoms with Crippen molar-refractivity contribution in [2.75, 3.05) is 0 Å².